The van der Waals surface area contributed by atoms with Crippen LogP contribution in [0.2, 0.25) is 0 Å². The zero-order valence-electron chi connectivity index (χ0n) is 12.5. The maximum atomic E-state index is 10.0. The van der Waals surface area contributed by atoms with Gasteiger partial charge in [0, 0.05) is 5.92 Å². The molecule has 0 bridgehead atoms. The number of rotatable bonds is 4. The number of hydrogen-bond donors (Lipinski definition) is 7. The summed E-state index contributed by atoms with van der Waals surface area (Å²) in [7, 11) is 0. The van der Waals surface area contributed by atoms with Crippen LogP contribution in [0, 0.1) is 5.92 Å². The minimum atomic E-state index is -1.70. The van der Waals surface area contributed by atoms with E-state index in [1.807, 2.05) is 0 Å². The average Bonchev–Trinajstić information content (AvgIpc) is 2.55. The van der Waals surface area contributed by atoms with Gasteiger partial charge in [-0.05, 0) is 0 Å². The molecule has 10 atom stereocenters. The molecule has 23 heavy (non-hydrogen) atoms. The molecule has 0 spiro atoms. The maximum Gasteiger partial charge on any atom is 0.187 e. The van der Waals surface area contributed by atoms with Crippen LogP contribution in [0.4, 0.5) is 0 Å². The SMILES string of the molecule is C[C@@H]1C(CO)O[C@H](O[C@@H]2C(CO)O[C@H](O)C(O)[C@@H]2O)C(O)[C@@H]1O. The summed E-state index contributed by atoms with van der Waals surface area (Å²) in [5.74, 6) is -0.552. The van der Waals surface area contributed by atoms with Crippen LogP contribution < -0.4 is 0 Å². The first kappa shape index (κ1) is 18.9. The first-order valence-electron chi connectivity index (χ1n) is 7.40. The van der Waals surface area contributed by atoms with Gasteiger partial charge in [-0.25, -0.2) is 0 Å². The third-order valence-corrected chi connectivity index (χ3v) is 4.37. The molecule has 2 rings (SSSR count). The summed E-state index contributed by atoms with van der Waals surface area (Å²) in [5, 5.41) is 67.6. The lowest BCUT2D eigenvalue weighted by molar-refractivity contribution is -0.350. The summed E-state index contributed by atoms with van der Waals surface area (Å²) < 4.78 is 15.7. The van der Waals surface area contributed by atoms with Gasteiger partial charge < -0.3 is 50.0 Å². The fraction of sp³-hybridized carbons (Fsp3) is 1.00. The van der Waals surface area contributed by atoms with E-state index in [1.54, 1.807) is 6.92 Å². The normalized spacial score (nSPS) is 51.7. The molecule has 10 nitrogen and oxygen atoms in total. The summed E-state index contributed by atoms with van der Waals surface area (Å²) in [6.07, 6.45) is -12.4. The number of aliphatic hydroxyl groups is 7. The molecule has 0 aromatic heterocycles. The largest absolute Gasteiger partial charge is 0.394 e. The molecule has 7 N–H and O–H groups in total. The van der Waals surface area contributed by atoms with Crippen LogP contribution in [-0.4, -0.2) is 104 Å². The number of aliphatic hydroxyl groups excluding tert-OH is 7. The topological polar surface area (TPSA) is 169 Å². The minimum absolute atomic E-state index is 0.417. The Balaban J connectivity index is 2.11. The summed E-state index contributed by atoms with van der Waals surface area (Å²) in [5.41, 5.74) is 0. The molecule has 0 aliphatic carbocycles. The molecule has 2 heterocycles. The van der Waals surface area contributed by atoms with Crippen LogP contribution in [0.25, 0.3) is 0 Å². The lowest BCUT2D eigenvalue weighted by Gasteiger charge is -2.45. The Morgan fingerprint density at radius 3 is 1.96 bits per heavy atom. The zero-order valence-corrected chi connectivity index (χ0v) is 12.5. The quantitative estimate of drug-likeness (QED) is 0.267. The molecule has 2 aliphatic rings. The molecule has 136 valence electrons. The first-order valence-corrected chi connectivity index (χ1v) is 7.40. The lowest BCUT2D eigenvalue weighted by Crippen LogP contribution is -2.63. The van der Waals surface area contributed by atoms with Gasteiger partial charge in [-0.15, -0.1) is 0 Å². The van der Waals surface area contributed by atoms with Crippen molar-refractivity contribution >= 4 is 0 Å². The van der Waals surface area contributed by atoms with Crippen molar-refractivity contribution in [1.29, 1.82) is 0 Å². The van der Waals surface area contributed by atoms with E-state index in [2.05, 4.69) is 0 Å². The maximum absolute atomic E-state index is 10.0. The minimum Gasteiger partial charge on any atom is -0.394 e. The van der Waals surface area contributed by atoms with E-state index >= 15 is 0 Å². The molecule has 10 heteroatoms. The molecule has 2 aliphatic heterocycles. The number of ether oxygens (including phenoxy) is 3. The van der Waals surface area contributed by atoms with E-state index in [0.717, 1.165) is 0 Å². The standard InChI is InChI=1S/C13H24O10/c1-4-5(2-14)22-13(10(19)7(4)16)23-11-6(3-15)21-12(20)9(18)8(11)17/h4-20H,2-3H2,1H3/t4-,5?,6?,7-,8+,9?,10?,11-,12+,13-/m1/s1. The highest BCUT2D eigenvalue weighted by Gasteiger charge is 2.49. The smallest absolute Gasteiger partial charge is 0.187 e. The van der Waals surface area contributed by atoms with E-state index in [0.29, 0.717) is 0 Å². The molecular formula is C13H24O10. The molecule has 0 aromatic rings. The molecule has 0 saturated carbocycles. The van der Waals surface area contributed by atoms with Crippen molar-refractivity contribution in [3.05, 3.63) is 0 Å². The third kappa shape index (κ3) is 3.66. The van der Waals surface area contributed by atoms with Gasteiger partial charge in [0.25, 0.3) is 0 Å². The van der Waals surface area contributed by atoms with Gasteiger partial charge in [0.15, 0.2) is 12.6 Å². The van der Waals surface area contributed by atoms with Crippen LogP contribution in [0.5, 0.6) is 0 Å². The molecular weight excluding hydrogens is 316 g/mol. The fourth-order valence-electron chi connectivity index (χ4n) is 2.78. The Kier molecular flexibility index (Phi) is 6.30. The van der Waals surface area contributed by atoms with Crippen LogP contribution in [0.1, 0.15) is 6.92 Å². The second-order valence-corrected chi connectivity index (χ2v) is 5.90. The summed E-state index contributed by atoms with van der Waals surface area (Å²) in [4.78, 5) is 0. The van der Waals surface area contributed by atoms with Crippen molar-refractivity contribution in [1.82, 2.24) is 0 Å². The van der Waals surface area contributed by atoms with Gasteiger partial charge in [-0.1, -0.05) is 6.92 Å². The Morgan fingerprint density at radius 1 is 0.783 bits per heavy atom. The third-order valence-electron chi connectivity index (χ3n) is 4.37. The Morgan fingerprint density at radius 2 is 1.39 bits per heavy atom. The monoisotopic (exact) mass is 340 g/mol. The van der Waals surface area contributed by atoms with Crippen molar-refractivity contribution < 1.29 is 50.0 Å². The van der Waals surface area contributed by atoms with Crippen molar-refractivity contribution in [3.63, 3.8) is 0 Å². The summed E-state index contributed by atoms with van der Waals surface area (Å²) in [6.45, 7) is 0.538. The van der Waals surface area contributed by atoms with Crippen LogP contribution in [-0.2, 0) is 14.2 Å². The van der Waals surface area contributed by atoms with Crippen molar-refractivity contribution in [2.75, 3.05) is 13.2 Å². The summed E-state index contributed by atoms with van der Waals surface area (Å²) in [6, 6.07) is 0. The molecule has 0 amide bonds. The highest BCUT2D eigenvalue weighted by atomic mass is 16.7. The van der Waals surface area contributed by atoms with Crippen LogP contribution >= 0.6 is 0 Å². The van der Waals surface area contributed by atoms with Crippen LogP contribution in [0.3, 0.4) is 0 Å². The molecule has 0 aromatic carbocycles. The van der Waals surface area contributed by atoms with Gasteiger partial charge in [0.1, 0.15) is 30.5 Å². The second kappa shape index (κ2) is 7.66. The first-order chi connectivity index (χ1) is 10.8. The fourth-order valence-corrected chi connectivity index (χ4v) is 2.78. The van der Waals surface area contributed by atoms with Gasteiger partial charge in [0.05, 0.1) is 25.4 Å². The Labute approximate surface area is 132 Å². The Bertz CT molecular complexity index is 378. The molecule has 2 fully saturated rings. The molecule has 0 radical (unpaired) electrons. The molecule has 2 saturated heterocycles. The Hall–Kier alpha value is -0.400. The van der Waals surface area contributed by atoms with E-state index in [1.165, 1.54) is 0 Å². The molecule has 4 unspecified atom stereocenters. The van der Waals surface area contributed by atoms with E-state index in [-0.39, 0.29) is 0 Å². The second-order valence-electron chi connectivity index (χ2n) is 5.90. The predicted molar refractivity (Wildman–Crippen MR) is 71.8 cm³/mol. The highest BCUT2D eigenvalue weighted by molar-refractivity contribution is 4.92. The lowest BCUT2D eigenvalue weighted by atomic mass is 9.91. The van der Waals surface area contributed by atoms with Gasteiger partial charge in [0.2, 0.25) is 0 Å². The summed E-state index contributed by atoms with van der Waals surface area (Å²) >= 11 is 0. The predicted octanol–water partition coefficient (Wildman–Crippen LogP) is -4.12. The van der Waals surface area contributed by atoms with Crippen LogP contribution in [0.15, 0.2) is 0 Å². The highest BCUT2D eigenvalue weighted by Crippen LogP contribution is 2.30. The average molecular weight is 340 g/mol. The van der Waals surface area contributed by atoms with Crippen molar-refractivity contribution in [2.45, 2.75) is 62.2 Å². The van der Waals surface area contributed by atoms with E-state index < -0.39 is 74.4 Å². The number of hydrogen-bond acceptors (Lipinski definition) is 10. The zero-order chi connectivity index (χ0) is 17.3. The van der Waals surface area contributed by atoms with E-state index in [9.17, 15) is 35.7 Å². The van der Waals surface area contributed by atoms with Gasteiger partial charge >= 0.3 is 0 Å². The van der Waals surface area contributed by atoms with E-state index in [4.69, 9.17) is 14.2 Å². The van der Waals surface area contributed by atoms with Crippen molar-refractivity contribution in [3.8, 4) is 0 Å². The van der Waals surface area contributed by atoms with Gasteiger partial charge in [-0.3, -0.25) is 0 Å². The van der Waals surface area contributed by atoms with Gasteiger partial charge in [-0.2, -0.15) is 0 Å². The van der Waals surface area contributed by atoms with Crippen molar-refractivity contribution in [2.24, 2.45) is 5.92 Å².